The number of hydrogen-bond donors (Lipinski definition) is 1. The molecule has 0 fully saturated rings. The third-order valence-electron chi connectivity index (χ3n) is 2.85. The van der Waals surface area contributed by atoms with Gasteiger partial charge in [0.05, 0.1) is 16.7 Å². The van der Waals surface area contributed by atoms with E-state index >= 15 is 0 Å². The van der Waals surface area contributed by atoms with Gasteiger partial charge in [0.25, 0.3) is 0 Å². The summed E-state index contributed by atoms with van der Waals surface area (Å²) in [5.41, 5.74) is 0.723. The third-order valence-corrected chi connectivity index (χ3v) is 4.32. The fourth-order valence-corrected chi connectivity index (χ4v) is 2.92. The van der Waals surface area contributed by atoms with Crippen molar-refractivity contribution < 1.29 is 17.6 Å². The van der Waals surface area contributed by atoms with Crippen LogP contribution in [0.2, 0.25) is 0 Å². The summed E-state index contributed by atoms with van der Waals surface area (Å²) < 4.78 is 37.4. The second-order valence-electron chi connectivity index (χ2n) is 5.14. The first-order valence-electron chi connectivity index (χ1n) is 7.04. The summed E-state index contributed by atoms with van der Waals surface area (Å²) in [5, 5.41) is 0. The van der Waals surface area contributed by atoms with Crippen LogP contribution in [0.1, 0.15) is 25.4 Å². The van der Waals surface area contributed by atoms with Crippen molar-refractivity contribution in [2.75, 3.05) is 6.54 Å². The number of nitrogens with zero attached hydrogens (tertiary/aromatic N) is 1. The van der Waals surface area contributed by atoms with Crippen LogP contribution in [-0.2, 0) is 16.4 Å². The first-order valence-corrected chi connectivity index (χ1v) is 8.52. The summed E-state index contributed by atoms with van der Waals surface area (Å²) >= 11 is 0. The number of oxazole rings is 1. The van der Waals surface area contributed by atoms with E-state index in [0.29, 0.717) is 18.1 Å². The number of benzene rings is 1. The molecular weight excluding hydrogens is 304 g/mol. The lowest BCUT2D eigenvalue weighted by atomic mass is 10.3. The van der Waals surface area contributed by atoms with Crippen LogP contribution in [0, 0.1) is 6.92 Å². The van der Waals surface area contributed by atoms with E-state index in [-0.39, 0.29) is 17.5 Å². The van der Waals surface area contributed by atoms with Gasteiger partial charge in [0.15, 0.2) is 5.89 Å². The minimum absolute atomic E-state index is 0.0477. The highest BCUT2D eigenvalue weighted by molar-refractivity contribution is 7.89. The van der Waals surface area contributed by atoms with Crippen molar-refractivity contribution in [2.24, 2.45) is 0 Å². The van der Waals surface area contributed by atoms with Crippen molar-refractivity contribution in [3.05, 3.63) is 42.1 Å². The number of hydrogen-bond acceptors (Lipinski definition) is 5. The highest BCUT2D eigenvalue weighted by Gasteiger charge is 2.14. The number of ether oxygens (including phenoxy) is 1. The van der Waals surface area contributed by atoms with Crippen LogP contribution >= 0.6 is 0 Å². The van der Waals surface area contributed by atoms with Crippen molar-refractivity contribution >= 4 is 10.0 Å². The zero-order chi connectivity index (χ0) is 16.2. The lowest BCUT2D eigenvalue weighted by molar-refractivity contribution is 0.242. The monoisotopic (exact) mass is 324 g/mol. The molecule has 0 atom stereocenters. The van der Waals surface area contributed by atoms with Crippen molar-refractivity contribution in [1.82, 2.24) is 9.71 Å². The number of aryl methyl sites for hydroxylation is 1. The Bertz CT molecular complexity index is 705. The molecule has 1 heterocycles. The lowest BCUT2D eigenvalue weighted by Gasteiger charge is -2.10. The summed E-state index contributed by atoms with van der Waals surface area (Å²) in [4.78, 5) is 4.33. The molecule has 0 bridgehead atoms. The van der Waals surface area contributed by atoms with Crippen LogP contribution in [-0.4, -0.2) is 26.1 Å². The van der Waals surface area contributed by atoms with Gasteiger partial charge in [0.1, 0.15) is 12.0 Å². The highest BCUT2D eigenvalue weighted by Crippen LogP contribution is 2.17. The molecule has 0 spiro atoms. The summed E-state index contributed by atoms with van der Waals surface area (Å²) in [5.74, 6) is 1.21. The minimum atomic E-state index is -3.53. The molecule has 0 saturated carbocycles. The lowest BCUT2D eigenvalue weighted by Crippen LogP contribution is -2.26. The second-order valence-corrected chi connectivity index (χ2v) is 6.91. The minimum Gasteiger partial charge on any atom is -0.491 e. The first-order chi connectivity index (χ1) is 10.4. The Kier molecular flexibility index (Phi) is 5.20. The van der Waals surface area contributed by atoms with E-state index in [4.69, 9.17) is 9.15 Å². The molecule has 7 heteroatoms. The summed E-state index contributed by atoms with van der Waals surface area (Å²) in [7, 11) is -3.53. The number of aromatic nitrogens is 1. The van der Waals surface area contributed by atoms with E-state index in [1.165, 1.54) is 18.4 Å². The van der Waals surface area contributed by atoms with Gasteiger partial charge in [-0.3, -0.25) is 0 Å². The van der Waals surface area contributed by atoms with Crippen molar-refractivity contribution in [3.63, 3.8) is 0 Å². The zero-order valence-corrected chi connectivity index (χ0v) is 13.7. The van der Waals surface area contributed by atoms with E-state index in [9.17, 15) is 8.42 Å². The Morgan fingerprint density at radius 1 is 1.27 bits per heavy atom. The van der Waals surface area contributed by atoms with E-state index in [1.807, 2.05) is 13.8 Å². The fourth-order valence-electron chi connectivity index (χ4n) is 1.89. The second kappa shape index (κ2) is 6.93. The largest absolute Gasteiger partial charge is 0.491 e. The molecule has 22 heavy (non-hydrogen) atoms. The molecule has 0 unspecified atom stereocenters. The Hall–Kier alpha value is -1.86. The summed E-state index contributed by atoms with van der Waals surface area (Å²) in [6, 6.07) is 6.35. The van der Waals surface area contributed by atoms with Crippen LogP contribution in [0.25, 0.3) is 0 Å². The maximum atomic E-state index is 12.2. The Morgan fingerprint density at radius 3 is 2.50 bits per heavy atom. The van der Waals surface area contributed by atoms with E-state index in [1.54, 1.807) is 19.1 Å². The molecule has 0 amide bonds. The summed E-state index contributed by atoms with van der Waals surface area (Å²) in [6.45, 7) is 5.84. The molecule has 1 N–H and O–H groups in total. The van der Waals surface area contributed by atoms with Gasteiger partial charge < -0.3 is 9.15 Å². The molecule has 0 radical (unpaired) electrons. The zero-order valence-electron chi connectivity index (χ0n) is 12.9. The average molecular weight is 324 g/mol. The van der Waals surface area contributed by atoms with Gasteiger partial charge in [0.2, 0.25) is 10.0 Å². The maximum Gasteiger partial charge on any atom is 0.240 e. The van der Waals surface area contributed by atoms with Crippen molar-refractivity contribution in [3.8, 4) is 5.75 Å². The van der Waals surface area contributed by atoms with E-state index in [2.05, 4.69) is 9.71 Å². The average Bonchev–Trinajstić information content (AvgIpc) is 2.84. The molecule has 0 aliphatic carbocycles. The molecule has 0 aliphatic heterocycles. The highest BCUT2D eigenvalue weighted by atomic mass is 32.2. The predicted octanol–water partition coefficient (Wildman–Crippen LogP) is 2.29. The van der Waals surface area contributed by atoms with Gasteiger partial charge in [-0.1, -0.05) is 0 Å². The Labute approximate surface area is 130 Å². The normalized spacial score (nSPS) is 11.8. The molecule has 1 aromatic heterocycles. The molecule has 1 aromatic carbocycles. The van der Waals surface area contributed by atoms with Gasteiger partial charge in [-0.05, 0) is 38.1 Å². The molecule has 0 aliphatic rings. The van der Waals surface area contributed by atoms with Gasteiger partial charge >= 0.3 is 0 Å². The van der Waals surface area contributed by atoms with Gasteiger partial charge in [0, 0.05) is 19.9 Å². The topological polar surface area (TPSA) is 81.4 Å². The first kappa shape index (κ1) is 16.5. The Morgan fingerprint density at radius 2 is 1.95 bits per heavy atom. The van der Waals surface area contributed by atoms with Crippen molar-refractivity contribution in [1.29, 1.82) is 0 Å². The standard InChI is InChI=1S/C15H20N2O4S/c1-11(2)21-14-4-6-15(7-5-14)22(18,19)16-9-8-13-10-20-12(3)17-13/h4-7,10-11,16H,8-9H2,1-3H3. The van der Waals surface area contributed by atoms with Crippen LogP contribution in [0.15, 0.2) is 39.8 Å². The smallest absolute Gasteiger partial charge is 0.240 e. The van der Waals surface area contributed by atoms with Gasteiger partial charge in [-0.15, -0.1) is 0 Å². The van der Waals surface area contributed by atoms with Gasteiger partial charge in [-0.2, -0.15) is 0 Å². The maximum absolute atomic E-state index is 12.2. The molecule has 2 aromatic rings. The van der Waals surface area contributed by atoms with E-state index < -0.39 is 10.0 Å². The van der Waals surface area contributed by atoms with Crippen LogP contribution in [0.4, 0.5) is 0 Å². The number of rotatable bonds is 7. The number of sulfonamides is 1. The molecule has 2 rings (SSSR count). The van der Waals surface area contributed by atoms with Crippen LogP contribution in [0.5, 0.6) is 5.75 Å². The van der Waals surface area contributed by atoms with E-state index in [0.717, 1.165) is 5.69 Å². The van der Waals surface area contributed by atoms with Gasteiger partial charge in [-0.25, -0.2) is 18.1 Å². The number of nitrogens with one attached hydrogen (secondary N) is 1. The van der Waals surface area contributed by atoms with Crippen LogP contribution in [0.3, 0.4) is 0 Å². The predicted molar refractivity (Wildman–Crippen MR) is 82.3 cm³/mol. The molecule has 120 valence electrons. The molecule has 0 saturated heterocycles. The SMILES string of the molecule is Cc1nc(CCNS(=O)(=O)c2ccc(OC(C)C)cc2)co1. The van der Waals surface area contributed by atoms with Crippen LogP contribution < -0.4 is 9.46 Å². The molecule has 6 nitrogen and oxygen atoms in total. The molecular formula is C15H20N2O4S. The summed E-state index contributed by atoms with van der Waals surface area (Å²) in [6.07, 6.45) is 2.05. The quantitative estimate of drug-likeness (QED) is 0.845. The fraction of sp³-hybridized carbons (Fsp3) is 0.400. The Balaban J connectivity index is 1.94. The third kappa shape index (κ3) is 4.57. The van der Waals surface area contributed by atoms with Crippen molar-refractivity contribution in [2.45, 2.75) is 38.2 Å².